The smallest absolute Gasteiger partial charge is 0.126 e. The van der Waals surface area contributed by atoms with Gasteiger partial charge in [0.2, 0.25) is 0 Å². The van der Waals surface area contributed by atoms with Crippen LogP contribution in [0.15, 0.2) is 42.6 Å². The summed E-state index contributed by atoms with van der Waals surface area (Å²) >= 11 is 0. The van der Waals surface area contributed by atoms with Gasteiger partial charge in [-0.15, -0.1) is 12.4 Å². The van der Waals surface area contributed by atoms with Crippen LogP contribution in [-0.4, -0.2) is 42.7 Å². The van der Waals surface area contributed by atoms with Crippen molar-refractivity contribution >= 4 is 23.3 Å². The van der Waals surface area contributed by atoms with E-state index in [-0.39, 0.29) is 18.2 Å². The molecule has 1 unspecified atom stereocenters. The van der Waals surface area contributed by atoms with E-state index in [0.717, 1.165) is 74.2 Å². The van der Waals surface area contributed by atoms with Gasteiger partial charge in [-0.1, -0.05) is 13.0 Å². The SMILES string of the molecule is CCCN(CCCCc1c[nH]c2ccc(F)cc12)C1COc2cccc(OC)c2C1.Cl. The standard InChI is InChI=1S/C25H31FN2O2.ClH/c1-3-12-28(20-15-22-24(29-2)8-6-9-25(22)30-17-20)13-5-4-7-18-16-27-23-11-10-19(26)14-21(18)23;/h6,8-11,14,16,20,27H,3-5,7,12-13,15,17H2,1-2H3;1H. The number of halogens is 2. The first-order chi connectivity index (χ1) is 14.7. The van der Waals surface area contributed by atoms with Crippen LogP contribution in [-0.2, 0) is 12.8 Å². The number of aromatic nitrogens is 1. The Hall–Kier alpha value is -2.24. The maximum atomic E-state index is 13.6. The Bertz CT molecular complexity index is 977. The number of aromatic amines is 1. The number of aryl methyl sites for hydroxylation is 1. The second-order valence-corrected chi connectivity index (χ2v) is 8.10. The molecule has 2 aromatic carbocycles. The Morgan fingerprint density at radius 3 is 2.87 bits per heavy atom. The molecule has 1 N–H and O–H groups in total. The summed E-state index contributed by atoms with van der Waals surface area (Å²) in [5.41, 5.74) is 3.38. The van der Waals surface area contributed by atoms with E-state index in [9.17, 15) is 4.39 Å². The normalized spacial score (nSPS) is 15.4. The average Bonchev–Trinajstić information content (AvgIpc) is 3.17. The van der Waals surface area contributed by atoms with Crippen LogP contribution in [0.5, 0.6) is 11.5 Å². The van der Waals surface area contributed by atoms with Gasteiger partial charge < -0.3 is 14.5 Å². The molecule has 0 saturated carbocycles. The lowest BCUT2D eigenvalue weighted by atomic mass is 9.99. The Labute approximate surface area is 190 Å². The highest BCUT2D eigenvalue weighted by molar-refractivity contribution is 5.85. The Kier molecular flexibility index (Phi) is 8.22. The Balaban J connectivity index is 0.00000272. The first-order valence-electron chi connectivity index (χ1n) is 11.0. The maximum Gasteiger partial charge on any atom is 0.126 e. The molecule has 1 aliphatic heterocycles. The molecule has 0 radical (unpaired) electrons. The highest BCUT2D eigenvalue weighted by Crippen LogP contribution is 2.34. The number of fused-ring (bicyclic) bond motifs is 2. The quantitative estimate of drug-likeness (QED) is 0.423. The first kappa shape index (κ1) is 23.4. The molecule has 0 bridgehead atoms. The third-order valence-corrected chi connectivity index (χ3v) is 6.08. The minimum atomic E-state index is -0.175. The van der Waals surface area contributed by atoms with E-state index < -0.39 is 0 Å². The molecule has 6 heteroatoms. The highest BCUT2D eigenvalue weighted by Gasteiger charge is 2.27. The number of ether oxygens (including phenoxy) is 2. The molecule has 31 heavy (non-hydrogen) atoms. The molecule has 1 aromatic heterocycles. The van der Waals surface area contributed by atoms with Crippen LogP contribution in [0.4, 0.5) is 4.39 Å². The summed E-state index contributed by atoms with van der Waals surface area (Å²) in [5, 5.41) is 1.00. The van der Waals surface area contributed by atoms with Crippen molar-refractivity contribution in [3.8, 4) is 11.5 Å². The molecule has 0 saturated heterocycles. The minimum Gasteiger partial charge on any atom is -0.496 e. The summed E-state index contributed by atoms with van der Waals surface area (Å²) in [7, 11) is 1.72. The van der Waals surface area contributed by atoms with Gasteiger partial charge in [0.1, 0.15) is 23.9 Å². The van der Waals surface area contributed by atoms with E-state index in [1.807, 2.05) is 30.5 Å². The van der Waals surface area contributed by atoms with Crippen molar-refractivity contribution in [2.75, 3.05) is 26.8 Å². The van der Waals surface area contributed by atoms with Gasteiger partial charge in [-0.2, -0.15) is 0 Å². The lowest BCUT2D eigenvalue weighted by Gasteiger charge is -2.35. The monoisotopic (exact) mass is 446 g/mol. The maximum absolute atomic E-state index is 13.6. The first-order valence-corrected chi connectivity index (χ1v) is 11.0. The van der Waals surface area contributed by atoms with Crippen molar-refractivity contribution in [2.45, 2.75) is 45.1 Å². The molecule has 0 amide bonds. The number of hydrogen-bond donors (Lipinski definition) is 1. The molecule has 168 valence electrons. The van der Waals surface area contributed by atoms with Gasteiger partial charge in [0.25, 0.3) is 0 Å². The number of nitrogens with one attached hydrogen (secondary N) is 1. The van der Waals surface area contributed by atoms with Crippen molar-refractivity contribution in [1.29, 1.82) is 0 Å². The summed E-state index contributed by atoms with van der Waals surface area (Å²) in [6.07, 6.45) is 7.25. The summed E-state index contributed by atoms with van der Waals surface area (Å²) in [6, 6.07) is 11.3. The Morgan fingerprint density at radius 2 is 2.06 bits per heavy atom. The molecular formula is C25H32ClFN2O2. The summed E-state index contributed by atoms with van der Waals surface area (Å²) < 4.78 is 25.2. The van der Waals surface area contributed by atoms with Crippen LogP contribution in [0.25, 0.3) is 10.9 Å². The molecule has 0 aliphatic carbocycles. The van der Waals surface area contributed by atoms with E-state index in [1.54, 1.807) is 13.2 Å². The number of hydrogen-bond acceptors (Lipinski definition) is 3. The fraction of sp³-hybridized carbons (Fsp3) is 0.440. The number of rotatable bonds is 9. The van der Waals surface area contributed by atoms with Gasteiger partial charge >= 0.3 is 0 Å². The number of unbranched alkanes of at least 4 members (excludes halogenated alkanes) is 1. The van der Waals surface area contributed by atoms with Gasteiger partial charge in [-0.25, -0.2) is 4.39 Å². The van der Waals surface area contributed by atoms with Gasteiger partial charge in [-0.3, -0.25) is 4.90 Å². The zero-order valence-electron chi connectivity index (χ0n) is 18.3. The lowest BCUT2D eigenvalue weighted by molar-refractivity contribution is 0.116. The van der Waals surface area contributed by atoms with Gasteiger partial charge in [0.05, 0.1) is 7.11 Å². The van der Waals surface area contributed by atoms with Crippen molar-refractivity contribution in [3.05, 3.63) is 59.5 Å². The summed E-state index contributed by atoms with van der Waals surface area (Å²) in [6.45, 7) is 5.06. The number of H-pyrrole nitrogens is 1. The van der Waals surface area contributed by atoms with Crippen molar-refractivity contribution < 1.29 is 13.9 Å². The highest BCUT2D eigenvalue weighted by atomic mass is 35.5. The number of nitrogens with zero attached hydrogens (tertiary/aromatic N) is 1. The molecule has 3 aromatic rings. The van der Waals surface area contributed by atoms with Crippen LogP contribution >= 0.6 is 12.4 Å². The average molecular weight is 447 g/mol. The third kappa shape index (κ3) is 5.34. The van der Waals surface area contributed by atoms with Crippen molar-refractivity contribution in [1.82, 2.24) is 9.88 Å². The number of benzene rings is 2. The van der Waals surface area contributed by atoms with E-state index in [0.29, 0.717) is 6.04 Å². The summed E-state index contributed by atoms with van der Waals surface area (Å²) in [4.78, 5) is 5.81. The molecule has 0 spiro atoms. The molecule has 4 rings (SSSR count). The van der Waals surface area contributed by atoms with Crippen LogP contribution in [0.2, 0.25) is 0 Å². The topological polar surface area (TPSA) is 37.5 Å². The van der Waals surface area contributed by atoms with Crippen molar-refractivity contribution in [2.24, 2.45) is 0 Å². The predicted molar refractivity (Wildman–Crippen MR) is 126 cm³/mol. The van der Waals surface area contributed by atoms with E-state index >= 15 is 0 Å². The fourth-order valence-corrected chi connectivity index (χ4v) is 4.54. The molecule has 2 heterocycles. The summed E-state index contributed by atoms with van der Waals surface area (Å²) in [5.74, 6) is 1.69. The molecule has 0 fully saturated rings. The zero-order chi connectivity index (χ0) is 20.9. The van der Waals surface area contributed by atoms with E-state index in [1.165, 1.54) is 17.2 Å². The molecule has 1 aliphatic rings. The third-order valence-electron chi connectivity index (χ3n) is 6.08. The zero-order valence-corrected chi connectivity index (χ0v) is 19.1. The van der Waals surface area contributed by atoms with Gasteiger partial charge in [0, 0.05) is 28.7 Å². The van der Waals surface area contributed by atoms with E-state index in [2.05, 4.69) is 16.8 Å². The largest absolute Gasteiger partial charge is 0.496 e. The van der Waals surface area contributed by atoms with Crippen LogP contribution in [0.1, 0.15) is 37.3 Å². The molecule has 1 atom stereocenters. The Morgan fingerprint density at radius 1 is 1.19 bits per heavy atom. The fourth-order valence-electron chi connectivity index (χ4n) is 4.54. The number of methoxy groups -OCH3 is 1. The van der Waals surface area contributed by atoms with Gasteiger partial charge in [-0.05, 0) is 81.1 Å². The minimum absolute atomic E-state index is 0. The van der Waals surface area contributed by atoms with E-state index in [4.69, 9.17) is 9.47 Å². The van der Waals surface area contributed by atoms with Crippen LogP contribution in [0.3, 0.4) is 0 Å². The second-order valence-electron chi connectivity index (χ2n) is 8.10. The molecular weight excluding hydrogens is 415 g/mol. The van der Waals surface area contributed by atoms with Crippen molar-refractivity contribution in [3.63, 3.8) is 0 Å². The lowest BCUT2D eigenvalue weighted by Crippen LogP contribution is -2.44. The van der Waals surface area contributed by atoms with Gasteiger partial charge in [0.15, 0.2) is 0 Å². The molecule has 4 nitrogen and oxygen atoms in total. The van der Waals surface area contributed by atoms with Crippen LogP contribution in [0, 0.1) is 5.82 Å². The van der Waals surface area contributed by atoms with Crippen LogP contribution < -0.4 is 9.47 Å². The second kappa shape index (κ2) is 10.9. The predicted octanol–water partition coefficient (Wildman–Crippen LogP) is 5.78.